The van der Waals surface area contributed by atoms with Gasteiger partial charge in [-0.25, -0.2) is 0 Å². The number of amides is 5. The van der Waals surface area contributed by atoms with Gasteiger partial charge in [0, 0.05) is 53.4 Å². The maximum absolute atomic E-state index is 14.5. The Labute approximate surface area is 937 Å². The number of carbonyl (C=O) groups is 8. The fraction of sp³-hybridized carbons (Fsp3) is 0.895. The monoisotopic (exact) mass is 2190 g/mol. The summed E-state index contributed by atoms with van der Waals surface area (Å²) in [6.07, 6.45) is -49.5. The molecule has 27 N–H and O–H groups in total. The number of unbranched alkanes of at least 4 members (excludes halogenated alkanes) is 25. The van der Waals surface area contributed by atoms with Gasteiger partial charge in [0.1, 0.15) is 170 Å². The van der Waals surface area contributed by atoms with Crippen molar-refractivity contribution in [3.05, 3.63) is 12.2 Å². The summed E-state index contributed by atoms with van der Waals surface area (Å²) < 4.78 is 84.0. The fourth-order valence-electron chi connectivity index (χ4n) is 19.5. The largest absolute Gasteiger partial charge is 1.00 e. The fourth-order valence-corrected chi connectivity index (χ4v) is 19.5. The Hall–Kier alpha value is -2.94. The number of nitrogens with one attached hydrogen (secondary N) is 5. The Morgan fingerprint density at radius 1 is 0.373 bits per heavy atom. The van der Waals surface area contributed by atoms with Gasteiger partial charge in [-0.05, 0) is 19.3 Å². The van der Waals surface area contributed by atoms with Crippen LogP contribution in [0.1, 0.15) is 241 Å². The van der Waals surface area contributed by atoms with Crippen LogP contribution in [-0.2, 0) is 105 Å². The van der Waals surface area contributed by atoms with E-state index >= 15 is 0 Å². The van der Waals surface area contributed by atoms with Crippen LogP contribution in [0.4, 0.5) is 0 Å². The number of aliphatic hydroxyl groups is 22. The van der Waals surface area contributed by atoms with Gasteiger partial charge in [0.05, 0.1) is 101 Å². The van der Waals surface area contributed by atoms with Gasteiger partial charge in [-0.3, -0.25) is 24.0 Å². The van der Waals surface area contributed by atoms with E-state index in [1.165, 1.54) is 83.1 Å². The molecule has 7 aliphatic rings. The van der Waals surface area contributed by atoms with E-state index in [0.717, 1.165) is 111 Å². The number of aliphatic carboxylic acids is 3. The summed E-state index contributed by atoms with van der Waals surface area (Å²) in [6, 6.07) is -9.53. The first-order chi connectivity index (χ1) is 69.9. The molecule has 0 unspecified atom stereocenters. The number of allylic oxidation sites excluding steroid dienone is 1. The van der Waals surface area contributed by atoms with Crippen molar-refractivity contribution in [1.82, 2.24) is 26.6 Å². The molecule has 7 aliphatic heterocycles. The van der Waals surface area contributed by atoms with E-state index in [4.69, 9.17) is 66.3 Å². The van der Waals surface area contributed by atoms with Gasteiger partial charge in [0.25, 0.3) is 0 Å². The number of carboxylic acid groups (broad SMARTS) is 3. The molecule has 7 heterocycles. The van der Waals surface area contributed by atoms with E-state index in [-0.39, 0.29) is 95.1 Å². The first kappa shape index (κ1) is 139. The van der Waals surface area contributed by atoms with E-state index in [1.54, 1.807) is 6.08 Å². The summed E-state index contributed by atoms with van der Waals surface area (Å²) in [7, 11) is 0. The van der Waals surface area contributed by atoms with E-state index in [2.05, 4.69) is 40.4 Å². The Balaban J connectivity index is 0.0000156. The van der Waals surface area contributed by atoms with Crippen LogP contribution >= 0.6 is 0 Å². The molecule has 0 radical (unpaired) electrons. The van der Waals surface area contributed by atoms with Gasteiger partial charge in [-0.2, -0.15) is 0 Å². The third-order valence-corrected chi connectivity index (χ3v) is 27.5. The Morgan fingerprint density at radius 3 is 1.12 bits per heavy atom. The zero-order chi connectivity index (χ0) is 109. The first-order valence-electron chi connectivity index (χ1n) is 51.3. The number of hydrogen-bond acceptors (Lipinski definition) is 47. The number of hydrogen-bond donors (Lipinski definition) is 27. The van der Waals surface area contributed by atoms with Gasteiger partial charge >= 0.3 is 88.7 Å². The second-order valence-electron chi connectivity index (χ2n) is 39.2. The normalized spacial score (nSPS) is 34.8. The molecular weight excluding hydrogens is 2030 g/mol. The molecule has 0 spiro atoms. The number of ether oxygens (including phenoxy) is 14. The average molecular weight is 2200 g/mol. The molecule has 55 heteroatoms. The predicted molar refractivity (Wildman–Crippen MR) is 493 cm³/mol. The molecule has 5 amide bonds. The van der Waals surface area contributed by atoms with Gasteiger partial charge in [-0.15, -0.1) is 0 Å². The molecule has 150 heavy (non-hydrogen) atoms. The van der Waals surface area contributed by atoms with Gasteiger partial charge in [-0.1, -0.05) is 180 Å². The maximum Gasteiger partial charge on any atom is 1.00 e. The van der Waals surface area contributed by atoms with Crippen LogP contribution in [0.25, 0.3) is 0 Å². The van der Waals surface area contributed by atoms with Crippen LogP contribution in [0, 0.1) is 0 Å². The standard InChI is InChI=1S/C95H165N5O47.3Na/c1-7-9-11-13-15-17-19-21-22-24-26-28-30-32-34-36-64(118)100-52(53(112)35-33-31-29-27-25-23-20-18-16-14-12-10-8-2)47-134-87-75(125)74(124)78(62(45-106)137-87)139-89-77(127)85(147-95(92(132)133)39-56(115)67(98-50(5)110)83(145-95)73(123)61(44-105)142-93(90(128)129)37-54(113)65(96-48(3)108)81(143-93)69(119)57(116)40-101)79(63(46-107)138-89)140-86-68(99-51(6)111)80(71(121)59(42-103)135-86)141-88-76(126)84(72(122)60(43-104)136-88)146-94(91(130)131)38-55(114)66(97-49(4)109)82(144-94)70(120)58(117)41-102;;;/h33,35,52-63,65-89,101-107,112-117,119-127H,7-32,34,36-47H2,1-6H3,(H,96,108)(H,97,109)(H,98,110)(H,99,111)(H,100,118)(H,128,129)(H,130,131)(H,132,133);;;/q;3*+1/p-3/b35-33+;;;/t52-,53+,54-,55-,56-,57+,58+,59+,60+,61+,62+,63+,65+,66+,67+,68+,69+,70+,71-,72-,73+,74+,75+,76+,77+,78+,79-,80+,81+,82+,83+,84-,85+,86-,87+,88-,89-,93+,94-,95-;;;/m0.../s1. The van der Waals surface area contributed by atoms with Gasteiger partial charge < -0.3 is 235 Å². The van der Waals surface area contributed by atoms with E-state index in [9.17, 15) is 166 Å². The van der Waals surface area contributed by atoms with Crippen molar-refractivity contribution in [2.45, 2.75) is 484 Å². The Bertz CT molecular complexity index is 3940. The molecule has 0 aromatic heterocycles. The molecule has 7 saturated heterocycles. The van der Waals surface area contributed by atoms with Crippen molar-refractivity contribution in [1.29, 1.82) is 0 Å². The van der Waals surface area contributed by atoms with Crippen LogP contribution in [-0.4, -0.2) is 456 Å². The molecule has 0 aromatic carbocycles. The number of carbonyl (C=O) groups excluding carboxylic acids is 8. The van der Waals surface area contributed by atoms with Gasteiger partial charge in [0.15, 0.2) is 25.2 Å². The molecule has 40 atom stereocenters. The molecule has 52 nitrogen and oxygen atoms in total. The number of carboxylic acids is 3. The molecule has 0 saturated carbocycles. The van der Waals surface area contributed by atoms with Crippen molar-refractivity contribution in [3.63, 3.8) is 0 Å². The molecule has 7 fully saturated rings. The van der Waals surface area contributed by atoms with Gasteiger partial charge in [0.2, 0.25) is 46.9 Å². The van der Waals surface area contributed by atoms with Crippen molar-refractivity contribution in [2.24, 2.45) is 0 Å². The summed E-state index contributed by atoms with van der Waals surface area (Å²) in [5, 5.41) is 306. The smallest absolute Gasteiger partial charge is 0.544 e. The number of aliphatic hydroxyl groups excluding tert-OH is 22. The molecule has 0 aliphatic carbocycles. The number of rotatable bonds is 66. The molecule has 0 aromatic rings. The molecule has 7 rings (SSSR count). The average Bonchev–Trinajstić information content (AvgIpc) is 0.742. The van der Waals surface area contributed by atoms with Crippen molar-refractivity contribution < 1.29 is 321 Å². The summed E-state index contributed by atoms with van der Waals surface area (Å²) in [5.41, 5.74) is 0. The van der Waals surface area contributed by atoms with Crippen LogP contribution < -0.4 is 131 Å². The van der Waals surface area contributed by atoms with E-state index in [1.807, 2.05) is 0 Å². The van der Waals surface area contributed by atoms with E-state index in [0.29, 0.717) is 12.8 Å². The van der Waals surface area contributed by atoms with Crippen LogP contribution in [0.2, 0.25) is 0 Å². The Morgan fingerprint density at radius 2 is 0.713 bits per heavy atom. The molecule has 852 valence electrons. The van der Waals surface area contributed by atoms with Crippen LogP contribution in [0.3, 0.4) is 0 Å². The van der Waals surface area contributed by atoms with Crippen LogP contribution in [0.5, 0.6) is 0 Å². The minimum absolute atomic E-state index is 0. The second-order valence-corrected chi connectivity index (χ2v) is 39.2. The second kappa shape index (κ2) is 69.7. The van der Waals surface area contributed by atoms with Crippen molar-refractivity contribution in [2.75, 3.05) is 52.9 Å². The van der Waals surface area contributed by atoms with Crippen molar-refractivity contribution >= 4 is 47.4 Å². The summed E-state index contributed by atoms with van der Waals surface area (Å²) in [4.78, 5) is 107. The Kier molecular flexibility index (Phi) is 64.7. The summed E-state index contributed by atoms with van der Waals surface area (Å²) in [6.45, 7) is -2.54. The SMILES string of the molecule is CCCCCCCCCCCCC/C=C/[C@@H](O)[C@H](CO[C@@H]1O[C@H](CO)[C@@H](O[C@@H]2O[C@H](CO)[C@H](O[C@@H]3O[C@H](CO)[C@H](O)[C@H](O[C@@H]4O[C@H](CO)[C@H](O)[C@H](O[C@]5(C(=O)[O-])C[C@H](O)[C@@H](NC(C)=O)[C@H]([C@H](O)[C@H](O)CO)O5)[C@H]4O)[C@H]3NC(C)=O)[C@H](O[C@]3(C(=O)[O-])C[C@H](O)[C@@H](NC(C)=O)[C@H]([C@H](O)[C@@H](CO)O[C@]4(C(=O)[O-])C[C@H](O)[C@@H](NC(C)=O)[C@H]([C@H](O)[C@H](O)CO)O4)O3)[C@H]2O)[C@H](O)[C@H]1O)NC(=O)CCCCCCCCCCCCCCCCC.[Na+].[Na+].[Na+]. The minimum atomic E-state index is -3.94. The quantitative estimate of drug-likeness (QED) is 0.0153. The predicted octanol–water partition coefficient (Wildman–Crippen LogP) is -19.7. The summed E-state index contributed by atoms with van der Waals surface area (Å²) in [5.74, 6) is -23.4. The third-order valence-electron chi connectivity index (χ3n) is 27.5. The topological polar surface area (TPSA) is 840 Å². The van der Waals surface area contributed by atoms with E-state index < -0.39 is 363 Å². The van der Waals surface area contributed by atoms with Crippen molar-refractivity contribution in [3.8, 4) is 0 Å². The summed E-state index contributed by atoms with van der Waals surface area (Å²) >= 11 is 0. The first-order valence-corrected chi connectivity index (χ1v) is 51.3. The van der Waals surface area contributed by atoms with Crippen LogP contribution in [0.15, 0.2) is 12.2 Å². The maximum atomic E-state index is 14.5. The minimum Gasteiger partial charge on any atom is -0.544 e. The third kappa shape index (κ3) is 39.8. The zero-order valence-electron chi connectivity index (χ0n) is 87.1. The zero-order valence-corrected chi connectivity index (χ0v) is 93.1. The molecular formula is C95H162N5Na3O47. The molecule has 0 bridgehead atoms.